The highest BCUT2D eigenvalue weighted by Crippen LogP contribution is 2.49. The molecule has 0 bridgehead atoms. The van der Waals surface area contributed by atoms with E-state index < -0.39 is 24.5 Å². The number of benzene rings is 2. The van der Waals surface area contributed by atoms with Gasteiger partial charge in [0.2, 0.25) is 0 Å². The summed E-state index contributed by atoms with van der Waals surface area (Å²) in [6.45, 7) is 1.84. The molecule has 8 heteroatoms. The van der Waals surface area contributed by atoms with Gasteiger partial charge in [-0.2, -0.15) is 13.2 Å². The van der Waals surface area contributed by atoms with Gasteiger partial charge in [0.1, 0.15) is 11.9 Å². The number of ether oxygens (including phenoxy) is 2. The van der Waals surface area contributed by atoms with Crippen LogP contribution in [-0.4, -0.2) is 37.6 Å². The number of hydrogen-bond acceptors (Lipinski definition) is 5. The molecule has 1 saturated heterocycles. The van der Waals surface area contributed by atoms with Gasteiger partial charge in [-0.05, 0) is 55.1 Å². The molecule has 2 aromatic carbocycles. The average molecular weight is 451 g/mol. The maximum Gasteiger partial charge on any atom is 0.421 e. The Kier molecular flexibility index (Phi) is 6.49. The lowest BCUT2D eigenvalue weighted by Gasteiger charge is -2.40. The summed E-state index contributed by atoms with van der Waals surface area (Å²) in [6.07, 6.45) is -3.80. The molecule has 0 aliphatic carbocycles. The Morgan fingerprint density at radius 1 is 1.25 bits per heavy atom. The van der Waals surface area contributed by atoms with Crippen LogP contribution < -0.4 is 15.4 Å². The molecule has 2 heterocycles. The van der Waals surface area contributed by atoms with Crippen molar-refractivity contribution < 1.29 is 27.8 Å². The van der Waals surface area contributed by atoms with E-state index in [1.54, 1.807) is 0 Å². The molecule has 5 nitrogen and oxygen atoms in total. The number of alkyl halides is 3. The minimum absolute atomic E-state index is 0.0669. The van der Waals surface area contributed by atoms with E-state index in [9.17, 15) is 18.3 Å². The maximum atomic E-state index is 13.9. The fraction of sp³-hybridized carbons (Fsp3) is 0.500. The zero-order valence-electron chi connectivity index (χ0n) is 18.2. The number of piperidine rings is 1. The minimum atomic E-state index is -4.62. The van der Waals surface area contributed by atoms with Gasteiger partial charge in [-0.25, -0.2) is 0 Å². The number of rotatable bonds is 5. The van der Waals surface area contributed by atoms with E-state index in [1.807, 2.05) is 18.2 Å². The quantitative estimate of drug-likeness (QED) is 0.640. The monoisotopic (exact) mass is 450 g/mol. The van der Waals surface area contributed by atoms with E-state index in [0.29, 0.717) is 17.9 Å². The third-order valence-electron chi connectivity index (χ3n) is 6.57. The Morgan fingerprint density at radius 3 is 2.69 bits per heavy atom. The van der Waals surface area contributed by atoms with Crippen molar-refractivity contribution in [2.75, 3.05) is 20.3 Å². The molecule has 174 valence electrons. The Balaban J connectivity index is 1.63. The number of aliphatic hydroxyl groups excluding tert-OH is 1. The summed E-state index contributed by atoms with van der Waals surface area (Å²) in [5, 5.41) is 17.4. The first-order chi connectivity index (χ1) is 15.2. The molecule has 0 saturated carbocycles. The number of hydrogen-bond donors (Lipinski definition) is 3. The van der Waals surface area contributed by atoms with Crippen molar-refractivity contribution in [1.82, 2.24) is 10.6 Å². The van der Waals surface area contributed by atoms with Gasteiger partial charge in [0.05, 0.1) is 13.7 Å². The fourth-order valence-corrected chi connectivity index (χ4v) is 4.67. The fourth-order valence-electron chi connectivity index (χ4n) is 4.67. The van der Waals surface area contributed by atoms with Crippen molar-refractivity contribution in [3.8, 4) is 5.75 Å². The molecule has 2 aliphatic rings. The molecule has 4 atom stereocenters. The van der Waals surface area contributed by atoms with Crippen LogP contribution in [0.4, 0.5) is 13.2 Å². The molecule has 32 heavy (non-hydrogen) atoms. The largest absolute Gasteiger partial charge is 0.496 e. The minimum Gasteiger partial charge on any atom is -0.496 e. The first-order valence-corrected chi connectivity index (χ1v) is 10.9. The Hall–Kier alpha value is -2.13. The summed E-state index contributed by atoms with van der Waals surface area (Å²) in [4.78, 5) is 0. The van der Waals surface area contributed by atoms with Crippen LogP contribution in [0.2, 0.25) is 0 Å². The molecule has 2 aliphatic heterocycles. The smallest absolute Gasteiger partial charge is 0.421 e. The summed E-state index contributed by atoms with van der Waals surface area (Å²) in [5.74, 6) is 0.446. The summed E-state index contributed by atoms with van der Waals surface area (Å²) < 4.78 is 52.3. The van der Waals surface area contributed by atoms with Crippen LogP contribution in [0.15, 0.2) is 42.5 Å². The zero-order valence-corrected chi connectivity index (χ0v) is 18.2. The Bertz CT molecular complexity index is 938. The van der Waals surface area contributed by atoms with Crippen LogP contribution in [-0.2, 0) is 16.9 Å². The van der Waals surface area contributed by atoms with Gasteiger partial charge in [0, 0.05) is 24.2 Å². The zero-order chi connectivity index (χ0) is 22.9. The van der Waals surface area contributed by atoms with Gasteiger partial charge in [0.15, 0.2) is 5.60 Å². The standard InChI is InChI=1S/C24H29F3N2O3/c1-23(24(25,26)27)18-11-16(21(31-2)12-17(18)20(30)14-32-23)13-29-19-9-6-10-28-22(19)15-7-4-3-5-8-15/h3-5,7-8,11-12,19-20,22,28-30H,6,9-10,13-14H2,1-2H3/t19-,20?,22-,23?/m0/s1. The molecular weight excluding hydrogens is 421 g/mol. The summed E-state index contributed by atoms with van der Waals surface area (Å²) >= 11 is 0. The van der Waals surface area contributed by atoms with Crippen molar-refractivity contribution in [1.29, 1.82) is 0 Å². The van der Waals surface area contributed by atoms with Crippen molar-refractivity contribution in [2.24, 2.45) is 0 Å². The van der Waals surface area contributed by atoms with E-state index in [-0.39, 0.29) is 23.2 Å². The second kappa shape index (κ2) is 9.02. The summed E-state index contributed by atoms with van der Waals surface area (Å²) in [7, 11) is 1.48. The maximum absolute atomic E-state index is 13.9. The van der Waals surface area contributed by atoms with Gasteiger partial charge in [-0.15, -0.1) is 0 Å². The molecule has 4 rings (SSSR count). The Labute approximate surface area is 185 Å². The predicted octanol–water partition coefficient (Wildman–Crippen LogP) is 4.12. The van der Waals surface area contributed by atoms with E-state index >= 15 is 0 Å². The van der Waals surface area contributed by atoms with E-state index in [2.05, 4.69) is 22.8 Å². The molecule has 0 amide bonds. The number of halogens is 3. The molecule has 1 fully saturated rings. The van der Waals surface area contributed by atoms with Gasteiger partial charge < -0.3 is 25.2 Å². The molecule has 3 N–H and O–H groups in total. The first-order valence-electron chi connectivity index (χ1n) is 10.9. The number of methoxy groups -OCH3 is 1. The van der Waals surface area contributed by atoms with Crippen LogP contribution >= 0.6 is 0 Å². The number of nitrogens with one attached hydrogen (secondary N) is 2. The van der Waals surface area contributed by atoms with Crippen molar-refractivity contribution in [2.45, 2.75) is 56.3 Å². The van der Waals surface area contributed by atoms with Crippen molar-refractivity contribution in [3.63, 3.8) is 0 Å². The predicted molar refractivity (Wildman–Crippen MR) is 114 cm³/mol. The molecule has 0 spiro atoms. The van der Waals surface area contributed by atoms with Crippen LogP contribution in [0.1, 0.15) is 54.2 Å². The summed E-state index contributed by atoms with van der Waals surface area (Å²) in [6, 6.07) is 13.3. The molecule has 0 aromatic heterocycles. The van der Waals surface area contributed by atoms with Crippen LogP contribution in [0, 0.1) is 0 Å². The lowest BCUT2D eigenvalue weighted by Crippen LogP contribution is -2.47. The topological polar surface area (TPSA) is 62.8 Å². The van der Waals surface area contributed by atoms with Crippen LogP contribution in [0.5, 0.6) is 5.75 Å². The second-order valence-corrected chi connectivity index (χ2v) is 8.58. The molecular formula is C24H29F3N2O3. The molecule has 2 aromatic rings. The van der Waals surface area contributed by atoms with Crippen molar-refractivity contribution >= 4 is 0 Å². The second-order valence-electron chi connectivity index (χ2n) is 8.58. The van der Waals surface area contributed by atoms with E-state index in [0.717, 1.165) is 26.3 Å². The van der Waals surface area contributed by atoms with Crippen LogP contribution in [0.25, 0.3) is 0 Å². The highest BCUT2D eigenvalue weighted by Gasteiger charge is 2.57. The van der Waals surface area contributed by atoms with Gasteiger partial charge in [-0.3, -0.25) is 0 Å². The highest BCUT2D eigenvalue weighted by atomic mass is 19.4. The van der Waals surface area contributed by atoms with E-state index in [1.165, 1.54) is 24.8 Å². The van der Waals surface area contributed by atoms with Gasteiger partial charge >= 0.3 is 6.18 Å². The lowest BCUT2D eigenvalue weighted by molar-refractivity contribution is -0.288. The molecule has 0 radical (unpaired) electrons. The van der Waals surface area contributed by atoms with Gasteiger partial charge in [0.25, 0.3) is 0 Å². The normalized spacial score (nSPS) is 28.2. The highest BCUT2D eigenvalue weighted by molar-refractivity contribution is 5.48. The van der Waals surface area contributed by atoms with Crippen LogP contribution in [0.3, 0.4) is 0 Å². The van der Waals surface area contributed by atoms with Crippen molar-refractivity contribution in [3.05, 3.63) is 64.7 Å². The number of fused-ring (bicyclic) bond motifs is 1. The first kappa shape index (κ1) is 23.0. The molecule has 2 unspecified atom stereocenters. The average Bonchev–Trinajstić information content (AvgIpc) is 2.80. The Morgan fingerprint density at radius 2 is 2.00 bits per heavy atom. The number of aliphatic hydroxyl groups is 1. The third kappa shape index (κ3) is 4.24. The SMILES string of the molecule is COc1cc2c(cc1CN[C@H]1CCCN[C@H]1c1ccccc1)C(C)(C(F)(F)F)OCC2O. The van der Waals surface area contributed by atoms with E-state index in [4.69, 9.17) is 9.47 Å². The lowest BCUT2D eigenvalue weighted by atomic mass is 9.84. The third-order valence-corrected chi connectivity index (χ3v) is 6.57. The summed E-state index contributed by atoms with van der Waals surface area (Å²) in [5.41, 5.74) is -0.595. The van der Waals surface area contributed by atoms with Gasteiger partial charge in [-0.1, -0.05) is 30.3 Å².